The number of aryl methyl sites for hydroxylation is 1. The van der Waals surface area contributed by atoms with Gasteiger partial charge in [-0.25, -0.2) is 4.21 Å². The first-order chi connectivity index (χ1) is 17.3. The molecule has 2 amide bonds. The van der Waals surface area contributed by atoms with Gasteiger partial charge in [0.1, 0.15) is 0 Å². The predicted octanol–water partition coefficient (Wildman–Crippen LogP) is 5.34. The van der Waals surface area contributed by atoms with Crippen LogP contribution in [0.1, 0.15) is 37.4 Å². The van der Waals surface area contributed by atoms with Crippen molar-refractivity contribution in [3.05, 3.63) is 125 Å². The Morgan fingerprint density at radius 1 is 0.861 bits per heavy atom. The van der Waals surface area contributed by atoms with Crippen molar-refractivity contribution in [3.63, 3.8) is 0 Å². The maximum Gasteiger partial charge on any atom is 0.286 e. The maximum atomic E-state index is 12.9. The topological polar surface area (TPSA) is 88.5 Å². The molecular weight excluding hydrogens is 470 g/mol. The Morgan fingerprint density at radius 2 is 1.53 bits per heavy atom. The van der Waals surface area contributed by atoms with Crippen LogP contribution in [0.25, 0.3) is 0 Å². The number of aromatic nitrogens is 1. The summed E-state index contributed by atoms with van der Waals surface area (Å²) in [6, 6.07) is 24.8. The molecule has 0 aliphatic rings. The van der Waals surface area contributed by atoms with E-state index >= 15 is 0 Å². The highest BCUT2D eigenvalue weighted by Gasteiger charge is 2.12. The minimum atomic E-state index is -2.88. The molecule has 0 aliphatic carbocycles. The zero-order valence-corrected chi connectivity index (χ0v) is 20.6. The van der Waals surface area contributed by atoms with Gasteiger partial charge in [-0.15, -0.1) is 0 Å². The summed E-state index contributed by atoms with van der Waals surface area (Å²) in [7, 11) is -2.88. The first-order valence-electron chi connectivity index (χ1n) is 11.1. The quantitative estimate of drug-likeness (QED) is 0.389. The van der Waals surface area contributed by atoms with Gasteiger partial charge in [0, 0.05) is 45.9 Å². The summed E-state index contributed by atoms with van der Waals surface area (Å²) in [4.78, 5) is 29.7. The van der Waals surface area contributed by atoms with Gasteiger partial charge in [-0.1, -0.05) is 48.2 Å². The lowest BCUT2D eigenvalue weighted by Gasteiger charge is -2.07. The fourth-order valence-corrected chi connectivity index (χ4v) is 4.56. The van der Waals surface area contributed by atoms with Crippen LogP contribution >= 0.6 is 0 Å². The van der Waals surface area contributed by atoms with E-state index in [1.165, 1.54) is 12.5 Å². The molecule has 178 valence electrons. The fraction of sp³-hybridized carbons (Fsp3) is 0.0690. The van der Waals surface area contributed by atoms with E-state index < -0.39 is 15.6 Å². The van der Waals surface area contributed by atoms with E-state index in [4.69, 9.17) is 0 Å². The number of pyridine rings is 1. The van der Waals surface area contributed by atoms with E-state index in [2.05, 4.69) is 26.5 Å². The average molecular weight is 494 g/mol. The Hall–Kier alpha value is -4.54. The summed E-state index contributed by atoms with van der Waals surface area (Å²) in [6.07, 6.45) is 4.36. The molecule has 6 nitrogen and oxygen atoms in total. The van der Waals surface area contributed by atoms with Gasteiger partial charge in [0.2, 0.25) is 0 Å². The summed E-state index contributed by atoms with van der Waals surface area (Å²) in [6.45, 7) is 1.89. The van der Waals surface area contributed by atoms with Gasteiger partial charge in [0.05, 0.1) is 15.3 Å². The largest absolute Gasteiger partial charge is 0.322 e. The minimum Gasteiger partial charge on any atom is -0.322 e. The third-order valence-electron chi connectivity index (χ3n) is 5.31. The Kier molecular flexibility index (Phi) is 7.38. The molecule has 1 atom stereocenters. The normalized spacial score (nSPS) is 11.9. The first-order valence-corrected chi connectivity index (χ1v) is 13.0. The summed E-state index contributed by atoms with van der Waals surface area (Å²) in [5.41, 5.74) is 3.65. The van der Waals surface area contributed by atoms with Crippen molar-refractivity contribution in [2.24, 2.45) is 4.36 Å². The van der Waals surface area contributed by atoms with Crippen molar-refractivity contribution in [1.29, 1.82) is 0 Å². The van der Waals surface area contributed by atoms with Crippen LogP contribution in [0, 0.1) is 18.8 Å². The molecule has 4 aromatic rings. The van der Waals surface area contributed by atoms with Crippen LogP contribution in [0.3, 0.4) is 0 Å². The molecule has 7 heteroatoms. The van der Waals surface area contributed by atoms with Crippen LogP contribution in [0.4, 0.5) is 5.69 Å². The molecule has 1 unspecified atom stereocenters. The van der Waals surface area contributed by atoms with Crippen molar-refractivity contribution in [1.82, 2.24) is 4.98 Å². The summed E-state index contributed by atoms with van der Waals surface area (Å²) < 4.78 is 16.8. The molecule has 3 aromatic carbocycles. The lowest BCUT2D eigenvalue weighted by atomic mass is 10.1. The third kappa shape index (κ3) is 6.12. The Morgan fingerprint density at radius 3 is 2.25 bits per heavy atom. The molecule has 0 fully saturated rings. The van der Waals surface area contributed by atoms with Crippen LogP contribution in [0.2, 0.25) is 0 Å². The van der Waals surface area contributed by atoms with Gasteiger partial charge < -0.3 is 5.32 Å². The Balaban J connectivity index is 1.47. The SMILES string of the molecule is Cc1ccccc1C(=O)Nc1ccc(C#Cc2cncc(C(=O)N=S(C)(=O)c3ccccc3)c2)cc1. The summed E-state index contributed by atoms with van der Waals surface area (Å²) in [5.74, 6) is 5.21. The van der Waals surface area contributed by atoms with Crippen molar-refractivity contribution in [2.75, 3.05) is 11.6 Å². The van der Waals surface area contributed by atoms with E-state index in [1.807, 2.05) is 31.2 Å². The van der Waals surface area contributed by atoms with Gasteiger partial charge in [0.15, 0.2) is 0 Å². The molecule has 0 spiro atoms. The van der Waals surface area contributed by atoms with Gasteiger partial charge in [0.25, 0.3) is 11.8 Å². The zero-order chi connectivity index (χ0) is 25.5. The number of hydrogen-bond donors (Lipinski definition) is 1. The fourth-order valence-electron chi connectivity index (χ4n) is 3.37. The number of benzene rings is 3. The standard InChI is InChI=1S/C29H23N3O3S/c1-21-8-6-7-11-27(21)29(34)31-25-16-14-22(15-17-25)12-13-23-18-24(20-30-19-23)28(33)32-36(2,35)26-9-4-3-5-10-26/h3-11,14-20H,1-2H3,(H,31,34). The average Bonchev–Trinajstić information content (AvgIpc) is 2.89. The monoisotopic (exact) mass is 493 g/mol. The van der Waals surface area contributed by atoms with E-state index in [0.29, 0.717) is 21.7 Å². The molecule has 4 rings (SSSR count). The molecule has 0 radical (unpaired) electrons. The zero-order valence-electron chi connectivity index (χ0n) is 19.8. The van der Waals surface area contributed by atoms with E-state index in [9.17, 15) is 13.8 Å². The van der Waals surface area contributed by atoms with Gasteiger partial charge >= 0.3 is 0 Å². The van der Waals surface area contributed by atoms with Gasteiger partial charge in [-0.05, 0) is 61.0 Å². The molecule has 1 aromatic heterocycles. The van der Waals surface area contributed by atoms with Crippen molar-refractivity contribution in [3.8, 4) is 11.8 Å². The van der Waals surface area contributed by atoms with Crippen molar-refractivity contribution >= 4 is 27.2 Å². The predicted molar refractivity (Wildman–Crippen MR) is 141 cm³/mol. The second-order valence-corrected chi connectivity index (χ2v) is 10.3. The molecule has 36 heavy (non-hydrogen) atoms. The van der Waals surface area contributed by atoms with Crippen LogP contribution < -0.4 is 5.32 Å². The smallest absolute Gasteiger partial charge is 0.286 e. The second-order valence-electron chi connectivity index (χ2n) is 8.07. The van der Waals surface area contributed by atoms with Gasteiger partial charge in [-0.3, -0.25) is 14.6 Å². The van der Waals surface area contributed by atoms with Crippen LogP contribution in [0.15, 0.2) is 107 Å². The summed E-state index contributed by atoms with van der Waals surface area (Å²) >= 11 is 0. The van der Waals surface area contributed by atoms with Crippen LogP contribution in [-0.2, 0) is 9.73 Å². The number of carbonyl (C=O) groups excluding carboxylic acids is 2. The summed E-state index contributed by atoms with van der Waals surface area (Å²) in [5, 5.41) is 2.88. The van der Waals surface area contributed by atoms with Crippen molar-refractivity contribution in [2.45, 2.75) is 11.8 Å². The van der Waals surface area contributed by atoms with Gasteiger partial charge in [-0.2, -0.15) is 4.36 Å². The highest BCUT2D eigenvalue weighted by atomic mass is 32.2. The number of nitrogens with one attached hydrogen (secondary N) is 1. The molecule has 1 N–H and O–H groups in total. The number of nitrogens with zero attached hydrogens (tertiary/aromatic N) is 2. The molecule has 0 saturated heterocycles. The lowest BCUT2D eigenvalue weighted by Crippen LogP contribution is -2.13. The maximum absolute atomic E-state index is 12.9. The number of amides is 2. The molecular formula is C29H23N3O3S. The number of hydrogen-bond acceptors (Lipinski definition) is 4. The number of anilines is 1. The molecule has 1 heterocycles. The highest BCUT2D eigenvalue weighted by molar-refractivity contribution is 7.93. The van der Waals surface area contributed by atoms with E-state index in [-0.39, 0.29) is 11.5 Å². The van der Waals surface area contributed by atoms with E-state index in [0.717, 1.165) is 11.1 Å². The first kappa shape index (κ1) is 24.6. The third-order valence-corrected chi connectivity index (χ3v) is 6.97. The molecule has 0 bridgehead atoms. The molecule has 0 saturated carbocycles. The van der Waals surface area contributed by atoms with Crippen LogP contribution in [-0.4, -0.2) is 27.3 Å². The number of carbonyl (C=O) groups is 2. The molecule has 0 aliphatic heterocycles. The highest BCUT2D eigenvalue weighted by Crippen LogP contribution is 2.15. The number of rotatable bonds is 4. The Bertz CT molecular complexity index is 1610. The minimum absolute atomic E-state index is 0.173. The van der Waals surface area contributed by atoms with Crippen molar-refractivity contribution < 1.29 is 13.8 Å². The van der Waals surface area contributed by atoms with Crippen LogP contribution in [0.5, 0.6) is 0 Å². The Labute approximate surface area is 210 Å². The lowest BCUT2D eigenvalue weighted by molar-refractivity contribution is 0.100. The second kappa shape index (κ2) is 10.8. The van der Waals surface area contributed by atoms with E-state index in [1.54, 1.807) is 66.9 Å².